The third-order valence-corrected chi connectivity index (χ3v) is 6.81. The highest BCUT2D eigenvalue weighted by atomic mass is 32.2. The topological polar surface area (TPSA) is 77.9 Å². The second-order valence-electron chi connectivity index (χ2n) is 6.97. The summed E-state index contributed by atoms with van der Waals surface area (Å²) in [5, 5.41) is 10.2. The van der Waals surface area contributed by atoms with Crippen molar-refractivity contribution in [1.82, 2.24) is 9.37 Å². The molecular weight excluding hydrogens is 412 g/mol. The van der Waals surface area contributed by atoms with Crippen molar-refractivity contribution < 1.29 is 18.4 Å². The maximum atomic E-state index is 13.2. The van der Waals surface area contributed by atoms with E-state index in [-0.39, 0.29) is 24.4 Å². The molecule has 1 atom stereocenters. The number of hydroxylamine groups is 2. The van der Waals surface area contributed by atoms with E-state index < -0.39 is 22.0 Å². The number of rotatable bonds is 6. The first-order valence-electron chi connectivity index (χ1n) is 10.2. The average molecular weight is 443 g/mol. The Labute approximate surface area is 185 Å². The maximum Gasteiger partial charge on any atom is 0.264 e. The Bertz CT molecular complexity index is 996. The van der Waals surface area contributed by atoms with E-state index in [9.17, 15) is 18.4 Å². The molecule has 6 nitrogen and oxygen atoms in total. The van der Waals surface area contributed by atoms with Crippen LogP contribution in [0, 0.1) is 0 Å². The number of amides is 1. The largest absolute Gasteiger partial charge is 0.286 e. The van der Waals surface area contributed by atoms with Crippen LogP contribution in [0.5, 0.6) is 0 Å². The number of carbonyl (C=O) groups excluding carboxylic acids is 1. The van der Waals surface area contributed by atoms with E-state index in [4.69, 9.17) is 0 Å². The molecule has 0 spiro atoms. The summed E-state index contributed by atoms with van der Waals surface area (Å²) in [5.41, 5.74) is 1.90. The zero-order chi connectivity index (χ0) is 22.9. The molecule has 0 saturated carbocycles. The van der Waals surface area contributed by atoms with Crippen molar-refractivity contribution in [1.29, 1.82) is 0 Å². The van der Waals surface area contributed by atoms with Crippen LogP contribution in [0.15, 0.2) is 83.8 Å². The lowest BCUT2D eigenvalue weighted by Gasteiger charge is -2.25. The molecule has 1 heterocycles. The smallest absolute Gasteiger partial charge is 0.264 e. The molecule has 0 aliphatic carbocycles. The number of allylic oxidation sites excluding steroid dienone is 3. The highest BCUT2D eigenvalue weighted by Gasteiger charge is 2.41. The van der Waals surface area contributed by atoms with Crippen molar-refractivity contribution in [3.05, 3.63) is 78.9 Å². The van der Waals surface area contributed by atoms with Gasteiger partial charge in [0.1, 0.15) is 6.04 Å². The van der Waals surface area contributed by atoms with Gasteiger partial charge in [-0.15, -0.1) is 0 Å². The van der Waals surface area contributed by atoms with Gasteiger partial charge in [0, 0.05) is 6.54 Å². The Morgan fingerprint density at radius 1 is 0.968 bits per heavy atom. The first-order chi connectivity index (χ1) is 14.9. The van der Waals surface area contributed by atoms with Gasteiger partial charge in [-0.3, -0.25) is 10.0 Å². The standard InChI is InChI=1S/C20H22N2O4S.C4H8/c1-2-3-14-22(19-13-15-21(24)20(19)23)27(25,26)18-11-9-17(10-12-18)16-7-5-4-6-8-16;1-3-4-2/h2-12,19,24H,13-15H2,1H3;3-4H,1-2H3/b3-2+;4-3-. The first kappa shape index (κ1) is 24.5. The molecule has 0 bridgehead atoms. The molecule has 1 fully saturated rings. The molecule has 31 heavy (non-hydrogen) atoms. The van der Waals surface area contributed by atoms with Crippen LogP contribution in [0.3, 0.4) is 0 Å². The Morgan fingerprint density at radius 2 is 1.55 bits per heavy atom. The van der Waals surface area contributed by atoms with Crippen molar-refractivity contribution in [3.8, 4) is 11.1 Å². The van der Waals surface area contributed by atoms with Crippen LogP contribution in [-0.2, 0) is 14.8 Å². The summed E-state index contributed by atoms with van der Waals surface area (Å²) in [5.74, 6) is -0.594. The van der Waals surface area contributed by atoms with E-state index in [2.05, 4.69) is 0 Å². The Kier molecular flexibility index (Phi) is 9.18. The summed E-state index contributed by atoms with van der Waals surface area (Å²) in [6.45, 7) is 5.98. The highest BCUT2D eigenvalue weighted by Crippen LogP contribution is 2.26. The number of sulfonamides is 1. The van der Waals surface area contributed by atoms with Gasteiger partial charge in [0.15, 0.2) is 0 Å². The number of hydrogen-bond donors (Lipinski definition) is 1. The van der Waals surface area contributed by atoms with Gasteiger partial charge in [0.05, 0.1) is 11.4 Å². The van der Waals surface area contributed by atoms with Crippen LogP contribution in [-0.4, -0.2) is 48.0 Å². The quantitative estimate of drug-likeness (QED) is 0.528. The molecule has 3 rings (SSSR count). The van der Waals surface area contributed by atoms with Gasteiger partial charge < -0.3 is 0 Å². The predicted molar refractivity (Wildman–Crippen MR) is 123 cm³/mol. The van der Waals surface area contributed by atoms with E-state index in [0.29, 0.717) is 5.06 Å². The molecule has 166 valence electrons. The zero-order valence-electron chi connectivity index (χ0n) is 18.2. The third kappa shape index (κ3) is 6.13. The molecular formula is C24H30N2O4S. The summed E-state index contributed by atoms with van der Waals surface area (Å²) in [7, 11) is -3.89. The van der Waals surface area contributed by atoms with Crippen molar-refractivity contribution in [3.63, 3.8) is 0 Å². The molecule has 1 aliphatic heterocycles. The number of nitrogens with zero attached hydrogens (tertiary/aromatic N) is 2. The minimum absolute atomic E-state index is 0.0729. The van der Waals surface area contributed by atoms with Crippen molar-refractivity contribution in [2.45, 2.75) is 38.1 Å². The van der Waals surface area contributed by atoms with Gasteiger partial charge in [-0.05, 0) is 50.5 Å². The summed E-state index contributed by atoms with van der Waals surface area (Å²) >= 11 is 0. The Hall–Kier alpha value is -2.74. The lowest BCUT2D eigenvalue weighted by Crippen LogP contribution is -2.44. The van der Waals surface area contributed by atoms with Crippen molar-refractivity contribution in [2.24, 2.45) is 0 Å². The van der Waals surface area contributed by atoms with Crippen LogP contribution in [0.4, 0.5) is 0 Å². The molecule has 1 unspecified atom stereocenters. The van der Waals surface area contributed by atoms with Gasteiger partial charge >= 0.3 is 0 Å². The number of benzene rings is 2. The normalized spacial score (nSPS) is 16.9. The molecule has 0 aromatic heterocycles. The number of carbonyl (C=O) groups is 1. The van der Waals surface area contributed by atoms with Crippen molar-refractivity contribution >= 4 is 15.9 Å². The third-order valence-electron chi connectivity index (χ3n) is 4.92. The minimum Gasteiger partial charge on any atom is -0.286 e. The maximum absolute atomic E-state index is 13.2. The van der Waals surface area contributed by atoms with Crippen LogP contribution >= 0.6 is 0 Å². The van der Waals surface area contributed by atoms with Gasteiger partial charge in [0.2, 0.25) is 10.0 Å². The Morgan fingerprint density at radius 3 is 2.03 bits per heavy atom. The number of hydrogen-bond acceptors (Lipinski definition) is 4. The second kappa shape index (κ2) is 11.6. The first-order valence-corrected chi connectivity index (χ1v) is 11.7. The van der Waals surface area contributed by atoms with Gasteiger partial charge in [-0.1, -0.05) is 66.8 Å². The van der Waals surface area contributed by atoms with E-state index in [0.717, 1.165) is 15.4 Å². The average Bonchev–Trinajstić information content (AvgIpc) is 3.13. The van der Waals surface area contributed by atoms with Gasteiger partial charge in [-0.25, -0.2) is 13.5 Å². The molecule has 2 aromatic carbocycles. The molecule has 2 aromatic rings. The SMILES string of the molecule is C/C=C/CN(C1CCN(O)C1=O)S(=O)(=O)c1ccc(-c2ccccc2)cc1.C/C=C\C. The molecule has 1 amide bonds. The lowest BCUT2D eigenvalue weighted by molar-refractivity contribution is -0.159. The van der Waals surface area contributed by atoms with E-state index in [1.165, 1.54) is 0 Å². The lowest BCUT2D eigenvalue weighted by atomic mass is 10.1. The highest BCUT2D eigenvalue weighted by molar-refractivity contribution is 7.89. The van der Waals surface area contributed by atoms with Crippen LogP contribution in [0.25, 0.3) is 11.1 Å². The fourth-order valence-electron chi connectivity index (χ4n) is 3.10. The summed E-state index contributed by atoms with van der Waals surface area (Å²) in [6, 6.07) is 15.4. The minimum atomic E-state index is -3.89. The summed E-state index contributed by atoms with van der Waals surface area (Å²) in [4.78, 5) is 12.3. The van der Waals surface area contributed by atoms with Crippen LogP contribution < -0.4 is 0 Å². The van der Waals surface area contributed by atoms with Gasteiger partial charge in [0.25, 0.3) is 5.91 Å². The molecule has 1 saturated heterocycles. The second-order valence-corrected chi connectivity index (χ2v) is 8.86. The summed E-state index contributed by atoms with van der Waals surface area (Å²) < 4.78 is 27.5. The fourth-order valence-corrected chi connectivity index (χ4v) is 4.67. The zero-order valence-corrected chi connectivity index (χ0v) is 19.0. The molecule has 0 radical (unpaired) electrons. The van der Waals surface area contributed by atoms with Gasteiger partial charge in [-0.2, -0.15) is 4.31 Å². The summed E-state index contributed by atoms with van der Waals surface area (Å²) in [6.07, 6.45) is 7.68. The Balaban J connectivity index is 0.000000785. The predicted octanol–water partition coefficient (Wildman–Crippen LogP) is 4.49. The van der Waals surface area contributed by atoms with E-state index in [1.54, 1.807) is 43.3 Å². The van der Waals surface area contributed by atoms with Crippen LogP contribution in [0.2, 0.25) is 0 Å². The molecule has 1 N–H and O–H groups in total. The van der Waals surface area contributed by atoms with Crippen molar-refractivity contribution in [2.75, 3.05) is 13.1 Å². The fraction of sp³-hybridized carbons (Fsp3) is 0.292. The van der Waals surface area contributed by atoms with Crippen LogP contribution in [0.1, 0.15) is 27.2 Å². The monoisotopic (exact) mass is 442 g/mol. The van der Waals surface area contributed by atoms with E-state index >= 15 is 0 Å². The van der Waals surface area contributed by atoms with E-state index in [1.807, 2.05) is 56.3 Å². The molecule has 7 heteroatoms. The molecule has 1 aliphatic rings.